The fraction of sp³-hybridized carbons (Fsp3) is 0.167. The van der Waals surface area contributed by atoms with Crippen LogP contribution in [0.3, 0.4) is 0 Å². The minimum absolute atomic E-state index is 0.118. The number of nitrogens with one attached hydrogen (secondary N) is 1. The lowest BCUT2D eigenvalue weighted by atomic mass is 10.1. The Balaban J connectivity index is 1.61. The van der Waals surface area contributed by atoms with Gasteiger partial charge in [0, 0.05) is 37.7 Å². The maximum absolute atomic E-state index is 12.9. The number of aryl methyl sites for hydroxylation is 1. The second-order valence-electron chi connectivity index (χ2n) is 5.50. The van der Waals surface area contributed by atoms with Crippen LogP contribution in [0.25, 0.3) is 11.3 Å². The third kappa shape index (κ3) is 3.84. The number of benzene rings is 1. The number of halogens is 1. The van der Waals surface area contributed by atoms with Crippen molar-refractivity contribution < 1.29 is 9.18 Å². The van der Waals surface area contributed by atoms with Crippen LogP contribution < -0.4 is 5.32 Å². The molecule has 1 N–H and O–H groups in total. The molecule has 0 saturated carbocycles. The van der Waals surface area contributed by atoms with Crippen molar-refractivity contribution in [2.75, 3.05) is 0 Å². The van der Waals surface area contributed by atoms with Gasteiger partial charge in [-0.15, -0.1) is 0 Å². The molecule has 0 bridgehead atoms. The summed E-state index contributed by atoms with van der Waals surface area (Å²) in [4.78, 5) is 16.2. The second-order valence-corrected chi connectivity index (χ2v) is 5.50. The van der Waals surface area contributed by atoms with Gasteiger partial charge in [-0.25, -0.2) is 4.39 Å². The first kappa shape index (κ1) is 15.9. The molecule has 0 aliphatic rings. The van der Waals surface area contributed by atoms with Gasteiger partial charge in [0.2, 0.25) is 5.91 Å². The molecule has 2 aromatic heterocycles. The third-order valence-corrected chi connectivity index (χ3v) is 3.68. The Labute approximate surface area is 139 Å². The molecular formula is C18H17FN4O. The Morgan fingerprint density at radius 3 is 2.67 bits per heavy atom. The van der Waals surface area contributed by atoms with Crippen molar-refractivity contribution in [3.8, 4) is 11.3 Å². The summed E-state index contributed by atoms with van der Waals surface area (Å²) in [5.74, 6) is -0.426. The highest BCUT2D eigenvalue weighted by atomic mass is 19.1. The molecule has 24 heavy (non-hydrogen) atoms. The maximum atomic E-state index is 12.9. The molecule has 3 aromatic rings. The van der Waals surface area contributed by atoms with E-state index in [1.54, 1.807) is 35.4 Å². The molecule has 122 valence electrons. The highest BCUT2D eigenvalue weighted by Crippen LogP contribution is 2.18. The molecule has 1 amide bonds. The normalized spacial score (nSPS) is 10.6. The van der Waals surface area contributed by atoms with Crippen molar-refractivity contribution in [1.29, 1.82) is 0 Å². The van der Waals surface area contributed by atoms with Gasteiger partial charge >= 0.3 is 0 Å². The SMILES string of the molecule is Cn1nccc1-c1cncc(CNC(=O)Cc2ccc(F)cc2)c1. The first-order valence-electron chi connectivity index (χ1n) is 7.55. The van der Waals surface area contributed by atoms with Gasteiger partial charge < -0.3 is 5.32 Å². The average Bonchev–Trinajstić information content (AvgIpc) is 3.01. The van der Waals surface area contributed by atoms with Crippen LogP contribution >= 0.6 is 0 Å². The van der Waals surface area contributed by atoms with E-state index < -0.39 is 0 Å². The summed E-state index contributed by atoms with van der Waals surface area (Å²) < 4.78 is 14.6. The van der Waals surface area contributed by atoms with Gasteiger partial charge in [-0.1, -0.05) is 12.1 Å². The molecule has 0 saturated heterocycles. The lowest BCUT2D eigenvalue weighted by Crippen LogP contribution is -2.24. The van der Waals surface area contributed by atoms with E-state index >= 15 is 0 Å². The van der Waals surface area contributed by atoms with E-state index in [2.05, 4.69) is 15.4 Å². The number of aromatic nitrogens is 3. The van der Waals surface area contributed by atoms with Crippen LogP contribution in [0, 0.1) is 5.82 Å². The highest BCUT2D eigenvalue weighted by molar-refractivity contribution is 5.78. The minimum Gasteiger partial charge on any atom is -0.352 e. The lowest BCUT2D eigenvalue weighted by Gasteiger charge is -2.07. The number of nitrogens with zero attached hydrogens (tertiary/aromatic N) is 3. The Morgan fingerprint density at radius 2 is 1.96 bits per heavy atom. The third-order valence-electron chi connectivity index (χ3n) is 3.68. The monoisotopic (exact) mass is 324 g/mol. The summed E-state index contributed by atoms with van der Waals surface area (Å²) >= 11 is 0. The van der Waals surface area contributed by atoms with Crippen LogP contribution in [0.2, 0.25) is 0 Å². The molecule has 0 fully saturated rings. The van der Waals surface area contributed by atoms with E-state index in [9.17, 15) is 9.18 Å². The molecule has 0 spiro atoms. The molecule has 0 unspecified atom stereocenters. The van der Waals surface area contributed by atoms with E-state index in [0.717, 1.165) is 22.4 Å². The first-order valence-corrected chi connectivity index (χ1v) is 7.55. The van der Waals surface area contributed by atoms with Crippen LogP contribution in [0.15, 0.2) is 55.0 Å². The van der Waals surface area contributed by atoms with Gasteiger partial charge in [-0.3, -0.25) is 14.5 Å². The van der Waals surface area contributed by atoms with Crippen molar-refractivity contribution >= 4 is 5.91 Å². The van der Waals surface area contributed by atoms with Crippen LogP contribution in [-0.4, -0.2) is 20.7 Å². The number of rotatable bonds is 5. The molecule has 0 aliphatic carbocycles. The van der Waals surface area contributed by atoms with E-state index in [4.69, 9.17) is 0 Å². The summed E-state index contributed by atoms with van der Waals surface area (Å²) in [6.45, 7) is 0.388. The summed E-state index contributed by atoms with van der Waals surface area (Å²) in [6, 6.07) is 9.81. The van der Waals surface area contributed by atoms with Crippen LogP contribution in [0.1, 0.15) is 11.1 Å². The van der Waals surface area contributed by atoms with Crippen molar-refractivity contribution in [1.82, 2.24) is 20.1 Å². The fourth-order valence-electron chi connectivity index (χ4n) is 2.43. The number of hydrogen-bond acceptors (Lipinski definition) is 3. The molecule has 0 atom stereocenters. The number of carbonyl (C=O) groups is 1. The molecule has 5 nitrogen and oxygen atoms in total. The minimum atomic E-state index is -0.308. The zero-order chi connectivity index (χ0) is 16.9. The smallest absolute Gasteiger partial charge is 0.224 e. The quantitative estimate of drug-likeness (QED) is 0.784. The Hall–Kier alpha value is -3.02. The maximum Gasteiger partial charge on any atom is 0.224 e. The number of carbonyl (C=O) groups excluding carboxylic acids is 1. The van der Waals surface area contributed by atoms with Crippen LogP contribution in [-0.2, 0) is 24.8 Å². The van der Waals surface area contributed by atoms with Gasteiger partial charge in [-0.2, -0.15) is 5.10 Å². The van der Waals surface area contributed by atoms with Gasteiger partial charge in [-0.05, 0) is 35.4 Å². The Morgan fingerprint density at radius 1 is 1.17 bits per heavy atom. The van der Waals surface area contributed by atoms with Gasteiger partial charge in [0.05, 0.1) is 12.1 Å². The van der Waals surface area contributed by atoms with Crippen molar-refractivity contribution in [2.24, 2.45) is 7.05 Å². The second kappa shape index (κ2) is 7.04. The molecule has 0 aliphatic heterocycles. The van der Waals surface area contributed by atoms with E-state index in [1.165, 1.54) is 12.1 Å². The standard InChI is InChI=1S/C18H17FN4O/c1-23-17(6-7-22-23)15-8-14(10-20-12-15)11-21-18(24)9-13-2-4-16(19)5-3-13/h2-8,10,12H,9,11H2,1H3,(H,21,24). The predicted octanol–water partition coefficient (Wildman–Crippen LogP) is 2.48. The molecule has 0 radical (unpaired) electrons. The van der Waals surface area contributed by atoms with Gasteiger partial charge in [0.1, 0.15) is 5.82 Å². The van der Waals surface area contributed by atoms with Crippen LogP contribution in [0.4, 0.5) is 4.39 Å². The summed E-state index contributed by atoms with van der Waals surface area (Å²) in [7, 11) is 1.87. The summed E-state index contributed by atoms with van der Waals surface area (Å²) in [6.07, 6.45) is 5.43. The van der Waals surface area contributed by atoms with E-state index in [1.807, 2.05) is 19.2 Å². The zero-order valence-electron chi connectivity index (χ0n) is 13.2. The summed E-state index contributed by atoms with van der Waals surface area (Å²) in [5.41, 5.74) is 3.58. The zero-order valence-corrected chi connectivity index (χ0v) is 13.2. The average molecular weight is 324 g/mol. The van der Waals surface area contributed by atoms with Gasteiger partial charge in [0.15, 0.2) is 0 Å². The summed E-state index contributed by atoms with van der Waals surface area (Å²) in [5, 5.41) is 7.00. The van der Waals surface area contributed by atoms with E-state index in [-0.39, 0.29) is 18.1 Å². The van der Waals surface area contributed by atoms with Crippen LogP contribution in [0.5, 0.6) is 0 Å². The lowest BCUT2D eigenvalue weighted by molar-refractivity contribution is -0.120. The van der Waals surface area contributed by atoms with Crippen molar-refractivity contribution in [3.05, 3.63) is 71.9 Å². The molecule has 6 heteroatoms. The van der Waals surface area contributed by atoms with Gasteiger partial charge in [0.25, 0.3) is 0 Å². The van der Waals surface area contributed by atoms with Crippen molar-refractivity contribution in [2.45, 2.75) is 13.0 Å². The fourth-order valence-corrected chi connectivity index (χ4v) is 2.43. The Kier molecular flexibility index (Phi) is 4.65. The number of hydrogen-bond donors (Lipinski definition) is 1. The first-order chi connectivity index (χ1) is 11.6. The molecule has 2 heterocycles. The van der Waals surface area contributed by atoms with Crippen molar-refractivity contribution in [3.63, 3.8) is 0 Å². The van der Waals surface area contributed by atoms with E-state index in [0.29, 0.717) is 6.54 Å². The predicted molar refractivity (Wildman–Crippen MR) is 88.4 cm³/mol. The molecule has 1 aromatic carbocycles. The Bertz CT molecular complexity index is 842. The molecular weight excluding hydrogens is 307 g/mol. The highest BCUT2D eigenvalue weighted by Gasteiger charge is 2.07. The molecule has 3 rings (SSSR count). The largest absolute Gasteiger partial charge is 0.352 e. The number of amides is 1. The topological polar surface area (TPSA) is 59.8 Å². The number of pyridine rings is 1.